The average molecular weight is 418 g/mol. The predicted molar refractivity (Wildman–Crippen MR) is 111 cm³/mol. The summed E-state index contributed by atoms with van der Waals surface area (Å²) in [4.78, 5) is 23.2. The van der Waals surface area contributed by atoms with Crippen molar-refractivity contribution in [1.82, 2.24) is 10.3 Å². The summed E-state index contributed by atoms with van der Waals surface area (Å²) in [6.45, 7) is 5.27. The first-order valence-corrected chi connectivity index (χ1v) is 9.90. The highest BCUT2D eigenvalue weighted by Gasteiger charge is 2.32. The second kappa shape index (κ2) is 8.67. The molecule has 0 saturated carbocycles. The number of hydrogen-bond donors (Lipinski definition) is 1. The van der Waals surface area contributed by atoms with Crippen LogP contribution in [0.1, 0.15) is 35.9 Å². The number of aryl methyl sites for hydroxylation is 1. The van der Waals surface area contributed by atoms with Crippen molar-refractivity contribution in [1.29, 1.82) is 0 Å². The van der Waals surface area contributed by atoms with Gasteiger partial charge in [-0.1, -0.05) is 53.7 Å². The lowest BCUT2D eigenvalue weighted by Crippen LogP contribution is -2.25. The molecule has 0 radical (unpaired) electrons. The Morgan fingerprint density at radius 2 is 2.00 bits per heavy atom. The monoisotopic (exact) mass is 417 g/mol. The third-order valence-corrected chi connectivity index (χ3v) is 5.53. The number of amidine groups is 1. The lowest BCUT2D eigenvalue weighted by Gasteiger charge is -2.20. The van der Waals surface area contributed by atoms with E-state index in [1.165, 1.54) is 30.6 Å². The summed E-state index contributed by atoms with van der Waals surface area (Å²) >= 11 is 7.70. The molecule has 0 fully saturated rings. The summed E-state index contributed by atoms with van der Waals surface area (Å²) in [6, 6.07) is 13.4. The van der Waals surface area contributed by atoms with Crippen molar-refractivity contribution in [3.8, 4) is 5.75 Å². The van der Waals surface area contributed by atoms with E-state index in [9.17, 15) is 9.59 Å². The Kier molecular flexibility index (Phi) is 6.26. The van der Waals surface area contributed by atoms with Gasteiger partial charge in [0.2, 0.25) is 11.8 Å². The maximum Gasteiger partial charge on any atom is 0.241 e. The normalized spacial score (nSPS) is 15.9. The Bertz CT molecular complexity index is 948. The second-order valence-electron chi connectivity index (χ2n) is 6.33. The number of ether oxygens (including phenoxy) is 1. The molecule has 0 bridgehead atoms. The lowest BCUT2D eigenvalue weighted by molar-refractivity contribution is -0.129. The number of carbonyl (C=O) groups excluding carboxylic acids is 2. The first-order chi connectivity index (χ1) is 13.3. The summed E-state index contributed by atoms with van der Waals surface area (Å²) in [5.41, 5.74) is 3.03. The number of nitrogens with one attached hydrogen (secondary N) is 1. The molecule has 1 heterocycles. The van der Waals surface area contributed by atoms with E-state index >= 15 is 0 Å². The number of amides is 2. The number of nitrogens with zero attached hydrogens (tertiary/aromatic N) is 2. The molecular weight excluding hydrogens is 398 g/mol. The molecule has 8 heteroatoms. The predicted octanol–water partition coefficient (Wildman–Crippen LogP) is 4.23. The summed E-state index contributed by atoms with van der Waals surface area (Å²) < 4.78 is 5.86. The Balaban J connectivity index is 1.75. The molecule has 2 amide bonds. The smallest absolute Gasteiger partial charge is 0.241 e. The van der Waals surface area contributed by atoms with Crippen molar-refractivity contribution in [3.05, 3.63) is 64.2 Å². The average Bonchev–Trinajstić information content (AvgIpc) is 3.05. The van der Waals surface area contributed by atoms with Crippen LogP contribution in [-0.4, -0.2) is 22.0 Å². The fraction of sp³-hybridized carbons (Fsp3) is 0.250. The topological polar surface area (TPSA) is 71.0 Å². The van der Waals surface area contributed by atoms with Crippen molar-refractivity contribution in [2.75, 3.05) is 0 Å². The number of rotatable bonds is 4. The molecule has 1 aliphatic rings. The third kappa shape index (κ3) is 4.66. The number of carbonyl (C=O) groups is 2. The van der Waals surface area contributed by atoms with Crippen LogP contribution in [0.2, 0.25) is 5.02 Å². The molecule has 6 nitrogen and oxygen atoms in total. The van der Waals surface area contributed by atoms with E-state index in [-0.39, 0.29) is 11.8 Å². The van der Waals surface area contributed by atoms with Gasteiger partial charge in [-0.05, 0) is 35.7 Å². The lowest BCUT2D eigenvalue weighted by atomic mass is 10.1. The third-order valence-electron chi connectivity index (χ3n) is 4.14. The number of thioether (sulfide) groups is 1. The Morgan fingerprint density at radius 1 is 1.25 bits per heavy atom. The van der Waals surface area contributed by atoms with Crippen molar-refractivity contribution >= 4 is 40.3 Å². The van der Waals surface area contributed by atoms with Crippen LogP contribution in [0.5, 0.6) is 5.75 Å². The Hall–Kier alpha value is -2.51. The molecular formula is C20H20ClN3O3S. The molecule has 0 saturated heterocycles. The van der Waals surface area contributed by atoms with E-state index in [4.69, 9.17) is 16.3 Å². The largest absolute Gasteiger partial charge is 0.487 e. The molecule has 1 N–H and O–H groups in total. The number of hydrogen-bond acceptors (Lipinski definition) is 5. The molecule has 146 valence electrons. The van der Waals surface area contributed by atoms with Crippen molar-refractivity contribution in [2.45, 2.75) is 32.8 Å². The maximum absolute atomic E-state index is 11.9. The summed E-state index contributed by atoms with van der Waals surface area (Å²) in [6.07, 6.45) is 0. The molecule has 3 rings (SSSR count). The van der Waals surface area contributed by atoms with Crippen LogP contribution in [0.3, 0.4) is 0 Å². The van der Waals surface area contributed by atoms with Crippen molar-refractivity contribution in [2.24, 2.45) is 5.10 Å². The summed E-state index contributed by atoms with van der Waals surface area (Å²) in [5.74, 6) is 0.0938. The van der Waals surface area contributed by atoms with E-state index < -0.39 is 5.37 Å². The molecule has 1 atom stereocenters. The van der Waals surface area contributed by atoms with Gasteiger partial charge in [0.1, 0.15) is 17.7 Å². The highest BCUT2D eigenvalue weighted by Crippen LogP contribution is 2.41. The van der Waals surface area contributed by atoms with Crippen LogP contribution in [0.15, 0.2) is 47.6 Å². The highest BCUT2D eigenvalue weighted by atomic mass is 35.5. The van der Waals surface area contributed by atoms with E-state index in [1.807, 2.05) is 37.3 Å². The van der Waals surface area contributed by atoms with Crippen LogP contribution < -0.4 is 10.1 Å². The van der Waals surface area contributed by atoms with Gasteiger partial charge in [-0.2, -0.15) is 0 Å². The van der Waals surface area contributed by atoms with Gasteiger partial charge in [-0.25, -0.2) is 5.01 Å². The second-order valence-corrected chi connectivity index (χ2v) is 7.80. The van der Waals surface area contributed by atoms with Gasteiger partial charge in [0.05, 0.1) is 5.02 Å². The molecule has 0 spiro atoms. The summed E-state index contributed by atoms with van der Waals surface area (Å²) in [7, 11) is 0. The van der Waals surface area contributed by atoms with Crippen LogP contribution in [0.4, 0.5) is 0 Å². The molecule has 2 aromatic carbocycles. The van der Waals surface area contributed by atoms with E-state index in [1.54, 1.807) is 12.1 Å². The number of hydrazone groups is 1. The van der Waals surface area contributed by atoms with Crippen molar-refractivity contribution < 1.29 is 14.3 Å². The first kappa shape index (κ1) is 20.2. The van der Waals surface area contributed by atoms with Gasteiger partial charge < -0.3 is 10.1 Å². The molecule has 2 aromatic rings. The fourth-order valence-corrected chi connectivity index (χ4v) is 4.07. The van der Waals surface area contributed by atoms with Gasteiger partial charge in [-0.15, -0.1) is 5.10 Å². The van der Waals surface area contributed by atoms with E-state index in [0.29, 0.717) is 22.5 Å². The minimum atomic E-state index is -0.401. The van der Waals surface area contributed by atoms with Crippen LogP contribution in [0, 0.1) is 6.92 Å². The molecule has 0 aromatic heterocycles. The zero-order chi connectivity index (χ0) is 20.3. The van der Waals surface area contributed by atoms with Gasteiger partial charge in [0.15, 0.2) is 5.17 Å². The highest BCUT2D eigenvalue weighted by molar-refractivity contribution is 8.14. The first-order valence-electron chi connectivity index (χ1n) is 8.64. The van der Waals surface area contributed by atoms with Gasteiger partial charge in [0.25, 0.3) is 0 Å². The zero-order valence-electron chi connectivity index (χ0n) is 15.7. The quantitative estimate of drug-likeness (QED) is 0.808. The van der Waals surface area contributed by atoms with Crippen LogP contribution >= 0.6 is 23.4 Å². The van der Waals surface area contributed by atoms with E-state index in [0.717, 1.165) is 16.7 Å². The number of benzene rings is 2. The van der Waals surface area contributed by atoms with Crippen LogP contribution in [0.25, 0.3) is 0 Å². The minimum absolute atomic E-state index is 0.228. The number of halogens is 1. The van der Waals surface area contributed by atoms with E-state index in [2.05, 4.69) is 10.4 Å². The molecule has 1 aliphatic heterocycles. The summed E-state index contributed by atoms with van der Waals surface area (Å²) in [5, 5.41) is 8.55. The molecule has 0 aliphatic carbocycles. The SMILES string of the molecule is CC(=O)NC1=NN(C(C)=O)C(c2ccc(OCc3ccccc3C)c(Cl)c2)S1. The van der Waals surface area contributed by atoms with Crippen molar-refractivity contribution in [3.63, 3.8) is 0 Å². The Morgan fingerprint density at radius 3 is 2.64 bits per heavy atom. The molecule has 1 unspecified atom stereocenters. The minimum Gasteiger partial charge on any atom is -0.487 e. The zero-order valence-corrected chi connectivity index (χ0v) is 17.3. The standard InChI is InChI=1S/C20H20ClN3O3S/c1-12-6-4-5-7-16(12)11-27-18-9-8-15(10-17(18)21)19-24(14(3)26)23-20(28-19)22-13(2)25/h4-10,19H,11H2,1-3H3,(H,22,23,25). The maximum atomic E-state index is 11.9. The Labute approximate surface area is 172 Å². The van der Waals surface area contributed by atoms with Gasteiger partial charge in [-0.3, -0.25) is 9.59 Å². The van der Waals surface area contributed by atoms with Gasteiger partial charge >= 0.3 is 0 Å². The van der Waals surface area contributed by atoms with Gasteiger partial charge in [0, 0.05) is 13.8 Å². The fourth-order valence-electron chi connectivity index (χ4n) is 2.69. The van der Waals surface area contributed by atoms with Crippen LogP contribution in [-0.2, 0) is 16.2 Å². The molecule has 28 heavy (non-hydrogen) atoms.